The fourth-order valence-electron chi connectivity index (χ4n) is 2.32. The molecule has 1 heterocycles. The van der Waals surface area contributed by atoms with Gasteiger partial charge in [0.15, 0.2) is 11.5 Å². The predicted octanol–water partition coefficient (Wildman–Crippen LogP) is 3.54. The van der Waals surface area contributed by atoms with Gasteiger partial charge >= 0.3 is 0 Å². The third-order valence-electron chi connectivity index (χ3n) is 3.58. The Morgan fingerprint density at radius 1 is 1.14 bits per heavy atom. The summed E-state index contributed by atoms with van der Waals surface area (Å²) in [7, 11) is 1.62. The summed E-state index contributed by atoms with van der Waals surface area (Å²) < 4.78 is 10.8. The summed E-state index contributed by atoms with van der Waals surface area (Å²) in [5.74, 6) is 1.33. The second-order valence-electron chi connectivity index (χ2n) is 5.15. The Balaban J connectivity index is 2.07. The molecule has 22 heavy (non-hydrogen) atoms. The molecule has 0 amide bonds. The topological polar surface area (TPSA) is 50.7 Å². The van der Waals surface area contributed by atoms with Crippen LogP contribution in [-0.4, -0.2) is 25.4 Å². The standard InChI is InChI=1S/C17H23NO3S/c1-12(18-13(2)15-6-9-22-11-15)14-4-5-16(21-8-7-19)17(10-14)20-3/h4-6,9-13,18-19H,7-8H2,1-3H3. The number of aliphatic hydroxyl groups excluding tert-OH is 1. The Bertz CT molecular complexity index is 571. The Kier molecular flexibility index (Phi) is 6.24. The van der Waals surface area contributed by atoms with E-state index in [4.69, 9.17) is 14.6 Å². The van der Waals surface area contributed by atoms with Crippen LogP contribution in [0, 0.1) is 0 Å². The molecule has 0 fully saturated rings. The molecular formula is C17H23NO3S. The van der Waals surface area contributed by atoms with Crippen molar-refractivity contribution in [2.75, 3.05) is 20.3 Å². The van der Waals surface area contributed by atoms with Crippen LogP contribution in [0.15, 0.2) is 35.0 Å². The van der Waals surface area contributed by atoms with Crippen molar-refractivity contribution in [3.8, 4) is 11.5 Å². The van der Waals surface area contributed by atoms with Gasteiger partial charge in [0, 0.05) is 12.1 Å². The maximum absolute atomic E-state index is 8.85. The minimum atomic E-state index is -0.0129. The molecule has 0 radical (unpaired) electrons. The molecule has 0 aliphatic rings. The van der Waals surface area contributed by atoms with E-state index in [1.807, 2.05) is 18.2 Å². The molecule has 2 N–H and O–H groups in total. The fourth-order valence-corrected chi connectivity index (χ4v) is 3.07. The van der Waals surface area contributed by atoms with E-state index < -0.39 is 0 Å². The quantitative estimate of drug-likeness (QED) is 0.781. The van der Waals surface area contributed by atoms with Gasteiger partial charge in [0.25, 0.3) is 0 Å². The Labute approximate surface area is 135 Å². The highest BCUT2D eigenvalue weighted by Gasteiger charge is 2.14. The maximum atomic E-state index is 8.85. The second kappa shape index (κ2) is 8.17. The highest BCUT2D eigenvalue weighted by atomic mass is 32.1. The van der Waals surface area contributed by atoms with E-state index in [9.17, 15) is 0 Å². The van der Waals surface area contributed by atoms with E-state index in [-0.39, 0.29) is 25.3 Å². The first kappa shape index (κ1) is 16.8. The first-order chi connectivity index (χ1) is 10.7. The number of thiophene rings is 1. The molecular weight excluding hydrogens is 298 g/mol. The van der Waals surface area contributed by atoms with Gasteiger partial charge in [0.05, 0.1) is 13.7 Å². The van der Waals surface area contributed by atoms with Crippen molar-refractivity contribution in [1.82, 2.24) is 5.32 Å². The molecule has 5 heteroatoms. The largest absolute Gasteiger partial charge is 0.493 e. The van der Waals surface area contributed by atoms with Crippen LogP contribution in [0.2, 0.25) is 0 Å². The monoisotopic (exact) mass is 321 g/mol. The minimum Gasteiger partial charge on any atom is -0.493 e. The molecule has 2 unspecified atom stereocenters. The molecule has 0 aliphatic heterocycles. The van der Waals surface area contributed by atoms with Crippen LogP contribution in [0.5, 0.6) is 11.5 Å². The molecule has 4 nitrogen and oxygen atoms in total. The van der Waals surface area contributed by atoms with Crippen LogP contribution < -0.4 is 14.8 Å². The molecule has 1 aromatic heterocycles. The number of ether oxygens (including phenoxy) is 2. The third-order valence-corrected chi connectivity index (χ3v) is 4.28. The van der Waals surface area contributed by atoms with E-state index >= 15 is 0 Å². The number of nitrogens with one attached hydrogen (secondary N) is 1. The molecule has 0 aliphatic carbocycles. The van der Waals surface area contributed by atoms with E-state index in [1.54, 1.807) is 18.4 Å². The summed E-state index contributed by atoms with van der Waals surface area (Å²) in [4.78, 5) is 0. The van der Waals surface area contributed by atoms with Crippen molar-refractivity contribution in [3.63, 3.8) is 0 Å². The maximum Gasteiger partial charge on any atom is 0.161 e. The van der Waals surface area contributed by atoms with E-state index in [0.29, 0.717) is 11.5 Å². The van der Waals surface area contributed by atoms with Crippen molar-refractivity contribution in [2.24, 2.45) is 0 Å². The van der Waals surface area contributed by atoms with Crippen molar-refractivity contribution < 1.29 is 14.6 Å². The molecule has 2 atom stereocenters. The molecule has 0 bridgehead atoms. The first-order valence-electron chi connectivity index (χ1n) is 7.35. The van der Waals surface area contributed by atoms with Crippen molar-refractivity contribution in [1.29, 1.82) is 0 Å². The van der Waals surface area contributed by atoms with Crippen LogP contribution in [0.4, 0.5) is 0 Å². The van der Waals surface area contributed by atoms with Gasteiger partial charge in [-0.25, -0.2) is 0 Å². The van der Waals surface area contributed by atoms with Crippen molar-refractivity contribution >= 4 is 11.3 Å². The van der Waals surface area contributed by atoms with E-state index in [1.165, 1.54) is 5.56 Å². The summed E-state index contributed by atoms with van der Waals surface area (Å²) in [5, 5.41) is 16.7. The number of hydrogen-bond acceptors (Lipinski definition) is 5. The zero-order chi connectivity index (χ0) is 15.9. The van der Waals surface area contributed by atoms with Crippen molar-refractivity contribution in [2.45, 2.75) is 25.9 Å². The smallest absolute Gasteiger partial charge is 0.161 e. The first-order valence-corrected chi connectivity index (χ1v) is 8.29. The van der Waals surface area contributed by atoms with Crippen LogP contribution >= 0.6 is 11.3 Å². The summed E-state index contributed by atoms with van der Waals surface area (Å²) in [6, 6.07) is 8.50. The van der Waals surface area contributed by atoms with Gasteiger partial charge in [-0.15, -0.1) is 0 Å². The van der Waals surface area contributed by atoms with Crippen LogP contribution in [0.1, 0.15) is 37.1 Å². The van der Waals surface area contributed by atoms with E-state index in [0.717, 1.165) is 5.56 Å². The lowest BCUT2D eigenvalue weighted by Crippen LogP contribution is -2.22. The van der Waals surface area contributed by atoms with E-state index in [2.05, 4.69) is 36.0 Å². The highest BCUT2D eigenvalue weighted by Crippen LogP contribution is 2.31. The summed E-state index contributed by atoms with van der Waals surface area (Å²) in [6.45, 7) is 4.54. The van der Waals surface area contributed by atoms with Gasteiger partial charge in [-0.3, -0.25) is 0 Å². The zero-order valence-electron chi connectivity index (χ0n) is 13.2. The fraction of sp³-hybridized carbons (Fsp3) is 0.412. The Morgan fingerprint density at radius 2 is 1.91 bits per heavy atom. The number of aliphatic hydroxyl groups is 1. The molecule has 1 aromatic carbocycles. The molecule has 0 spiro atoms. The average Bonchev–Trinajstić information content (AvgIpc) is 3.07. The Morgan fingerprint density at radius 3 is 2.55 bits per heavy atom. The summed E-state index contributed by atoms with van der Waals surface area (Å²) >= 11 is 1.71. The lowest BCUT2D eigenvalue weighted by Gasteiger charge is -2.21. The molecule has 120 valence electrons. The number of hydrogen-bond donors (Lipinski definition) is 2. The van der Waals surface area contributed by atoms with Crippen LogP contribution in [-0.2, 0) is 0 Å². The number of benzene rings is 1. The number of methoxy groups -OCH3 is 1. The van der Waals surface area contributed by atoms with Gasteiger partial charge in [-0.2, -0.15) is 11.3 Å². The lowest BCUT2D eigenvalue weighted by molar-refractivity contribution is 0.196. The van der Waals surface area contributed by atoms with Gasteiger partial charge in [0.1, 0.15) is 6.61 Å². The molecule has 0 saturated carbocycles. The SMILES string of the molecule is COc1cc(C(C)NC(C)c2ccsc2)ccc1OCCO. The van der Waals surface area contributed by atoms with Gasteiger partial charge in [-0.1, -0.05) is 6.07 Å². The average molecular weight is 321 g/mol. The van der Waals surface area contributed by atoms with Crippen LogP contribution in [0.25, 0.3) is 0 Å². The van der Waals surface area contributed by atoms with Gasteiger partial charge < -0.3 is 19.9 Å². The molecule has 2 aromatic rings. The Hall–Kier alpha value is -1.56. The highest BCUT2D eigenvalue weighted by molar-refractivity contribution is 7.07. The lowest BCUT2D eigenvalue weighted by atomic mass is 10.1. The summed E-state index contributed by atoms with van der Waals surface area (Å²) in [6.07, 6.45) is 0. The summed E-state index contributed by atoms with van der Waals surface area (Å²) in [5.41, 5.74) is 2.43. The second-order valence-corrected chi connectivity index (χ2v) is 5.93. The van der Waals surface area contributed by atoms with Gasteiger partial charge in [0.2, 0.25) is 0 Å². The molecule has 0 saturated heterocycles. The van der Waals surface area contributed by atoms with Crippen LogP contribution in [0.3, 0.4) is 0 Å². The van der Waals surface area contributed by atoms with Crippen molar-refractivity contribution in [3.05, 3.63) is 46.2 Å². The zero-order valence-corrected chi connectivity index (χ0v) is 14.0. The predicted molar refractivity (Wildman–Crippen MR) is 89.9 cm³/mol. The number of rotatable bonds is 8. The normalized spacial score (nSPS) is 13.6. The van der Waals surface area contributed by atoms with Gasteiger partial charge in [-0.05, 0) is 53.9 Å². The minimum absolute atomic E-state index is 0.0129. The molecule has 2 rings (SSSR count). The third kappa shape index (κ3) is 4.22.